The maximum Gasteiger partial charge on any atom is 0.129 e. The molecule has 2 nitrogen and oxygen atoms in total. The van der Waals surface area contributed by atoms with E-state index in [1.807, 2.05) is 0 Å². The number of halogens is 2. The first-order chi connectivity index (χ1) is 8.72. The molecule has 0 aliphatic heterocycles. The van der Waals surface area contributed by atoms with Crippen molar-refractivity contribution < 1.29 is 8.78 Å². The number of benzene rings is 1. The second kappa shape index (κ2) is 6.25. The molecule has 4 heteroatoms. The molecule has 0 saturated heterocycles. The van der Waals surface area contributed by atoms with Crippen LogP contribution in [0.3, 0.4) is 0 Å². The summed E-state index contributed by atoms with van der Waals surface area (Å²) in [5, 5.41) is 0. The first kappa shape index (κ1) is 13.4. The van der Waals surface area contributed by atoms with Crippen molar-refractivity contribution in [3.63, 3.8) is 0 Å². The van der Waals surface area contributed by atoms with Gasteiger partial charge in [0.25, 0.3) is 0 Å². The molecule has 0 amide bonds. The monoisotopic (exact) mass is 254 g/mol. The van der Waals surface area contributed by atoms with Crippen molar-refractivity contribution in [2.75, 3.05) is 0 Å². The standard InChI is InChI=1S/C14H20F2N2/c15-12-7-4-8-13(16)11(12)9-14(18-17)10-5-2-1-3-6-10/h4,7-8,10,14,18H,1-3,5-6,9,17H2. The van der Waals surface area contributed by atoms with E-state index in [0.717, 1.165) is 12.8 Å². The highest BCUT2D eigenvalue weighted by molar-refractivity contribution is 5.21. The zero-order valence-corrected chi connectivity index (χ0v) is 10.5. The van der Waals surface area contributed by atoms with Crippen molar-refractivity contribution in [1.82, 2.24) is 5.43 Å². The van der Waals surface area contributed by atoms with Gasteiger partial charge in [-0.3, -0.25) is 11.3 Å². The van der Waals surface area contributed by atoms with Crippen molar-refractivity contribution >= 4 is 0 Å². The van der Waals surface area contributed by atoms with Crippen LogP contribution >= 0.6 is 0 Å². The summed E-state index contributed by atoms with van der Waals surface area (Å²) < 4.78 is 27.2. The highest BCUT2D eigenvalue weighted by atomic mass is 19.1. The van der Waals surface area contributed by atoms with Crippen LogP contribution in [-0.4, -0.2) is 6.04 Å². The van der Waals surface area contributed by atoms with E-state index in [1.165, 1.54) is 37.5 Å². The Morgan fingerprint density at radius 3 is 2.33 bits per heavy atom. The van der Waals surface area contributed by atoms with Gasteiger partial charge in [-0.05, 0) is 37.3 Å². The van der Waals surface area contributed by atoms with Gasteiger partial charge in [-0.1, -0.05) is 25.3 Å². The Morgan fingerprint density at radius 1 is 1.17 bits per heavy atom. The Bertz CT molecular complexity index is 369. The van der Waals surface area contributed by atoms with Gasteiger partial charge in [-0.25, -0.2) is 8.78 Å². The van der Waals surface area contributed by atoms with E-state index in [9.17, 15) is 8.78 Å². The third-order valence-electron chi connectivity index (χ3n) is 3.92. The van der Waals surface area contributed by atoms with Crippen LogP contribution in [0.15, 0.2) is 18.2 Å². The van der Waals surface area contributed by atoms with Crippen LogP contribution in [0, 0.1) is 17.6 Å². The summed E-state index contributed by atoms with van der Waals surface area (Å²) in [6.45, 7) is 0. The molecule has 1 fully saturated rings. The number of nitrogens with one attached hydrogen (secondary N) is 1. The fourth-order valence-electron chi connectivity index (χ4n) is 2.85. The lowest BCUT2D eigenvalue weighted by atomic mass is 9.82. The normalized spacial score (nSPS) is 18.8. The van der Waals surface area contributed by atoms with E-state index in [2.05, 4.69) is 5.43 Å². The van der Waals surface area contributed by atoms with Gasteiger partial charge in [-0.2, -0.15) is 0 Å². The second-order valence-electron chi connectivity index (χ2n) is 5.08. The molecular formula is C14H20F2N2. The summed E-state index contributed by atoms with van der Waals surface area (Å²) in [5.74, 6) is 5.01. The van der Waals surface area contributed by atoms with Crippen molar-refractivity contribution in [2.45, 2.75) is 44.6 Å². The number of nitrogens with two attached hydrogens (primary N) is 1. The zero-order chi connectivity index (χ0) is 13.0. The van der Waals surface area contributed by atoms with Crippen molar-refractivity contribution in [1.29, 1.82) is 0 Å². The lowest BCUT2D eigenvalue weighted by Crippen LogP contribution is -2.43. The minimum atomic E-state index is -0.481. The third-order valence-corrected chi connectivity index (χ3v) is 3.92. The summed E-state index contributed by atoms with van der Waals surface area (Å²) in [6, 6.07) is 3.94. The molecule has 2 rings (SSSR count). The van der Waals surface area contributed by atoms with Crippen LogP contribution in [0.25, 0.3) is 0 Å². The van der Waals surface area contributed by atoms with Crippen LogP contribution in [0.1, 0.15) is 37.7 Å². The largest absolute Gasteiger partial charge is 0.271 e. The highest BCUT2D eigenvalue weighted by Gasteiger charge is 2.24. The molecule has 1 aliphatic rings. The maximum absolute atomic E-state index is 13.6. The quantitative estimate of drug-likeness (QED) is 0.640. The second-order valence-corrected chi connectivity index (χ2v) is 5.08. The van der Waals surface area contributed by atoms with E-state index < -0.39 is 11.6 Å². The van der Waals surface area contributed by atoms with Crippen LogP contribution in [0.2, 0.25) is 0 Å². The smallest absolute Gasteiger partial charge is 0.129 e. The summed E-state index contributed by atoms with van der Waals surface area (Å²) in [6.07, 6.45) is 6.11. The molecule has 0 aromatic heterocycles. The minimum Gasteiger partial charge on any atom is -0.271 e. The molecule has 0 heterocycles. The van der Waals surface area contributed by atoms with Crippen LogP contribution < -0.4 is 11.3 Å². The minimum absolute atomic E-state index is 0.0447. The van der Waals surface area contributed by atoms with Gasteiger partial charge < -0.3 is 0 Å². The Morgan fingerprint density at radius 2 is 1.78 bits per heavy atom. The van der Waals surface area contributed by atoms with Gasteiger partial charge in [0.05, 0.1) is 0 Å². The first-order valence-electron chi connectivity index (χ1n) is 6.61. The third kappa shape index (κ3) is 3.06. The van der Waals surface area contributed by atoms with E-state index in [1.54, 1.807) is 0 Å². The summed E-state index contributed by atoms with van der Waals surface area (Å²) in [4.78, 5) is 0. The lowest BCUT2D eigenvalue weighted by molar-refractivity contribution is 0.265. The predicted octanol–water partition coefficient (Wildman–Crippen LogP) is 2.92. The van der Waals surface area contributed by atoms with Gasteiger partial charge >= 0.3 is 0 Å². The fourth-order valence-corrected chi connectivity index (χ4v) is 2.85. The Labute approximate surface area is 107 Å². The van der Waals surface area contributed by atoms with E-state index in [-0.39, 0.29) is 11.6 Å². The molecule has 3 N–H and O–H groups in total. The zero-order valence-electron chi connectivity index (χ0n) is 10.5. The van der Waals surface area contributed by atoms with Crippen molar-refractivity contribution in [3.8, 4) is 0 Å². The van der Waals surface area contributed by atoms with Gasteiger partial charge in [0.15, 0.2) is 0 Å². The Kier molecular flexibility index (Phi) is 4.66. The molecule has 1 atom stereocenters. The fraction of sp³-hybridized carbons (Fsp3) is 0.571. The SMILES string of the molecule is NNC(Cc1c(F)cccc1F)C1CCCCC1. The van der Waals surface area contributed by atoms with Crippen molar-refractivity contribution in [3.05, 3.63) is 35.4 Å². The average Bonchev–Trinajstić information content (AvgIpc) is 2.40. The number of hydrogen-bond acceptors (Lipinski definition) is 2. The number of rotatable bonds is 4. The van der Waals surface area contributed by atoms with E-state index >= 15 is 0 Å². The molecule has 0 bridgehead atoms. The average molecular weight is 254 g/mol. The van der Waals surface area contributed by atoms with E-state index in [0.29, 0.717) is 12.3 Å². The van der Waals surface area contributed by atoms with Gasteiger partial charge in [0.1, 0.15) is 11.6 Å². The first-order valence-corrected chi connectivity index (χ1v) is 6.61. The lowest BCUT2D eigenvalue weighted by Gasteiger charge is -2.30. The van der Waals surface area contributed by atoms with Gasteiger partial charge in [-0.15, -0.1) is 0 Å². The molecule has 1 unspecified atom stereocenters. The molecule has 1 saturated carbocycles. The maximum atomic E-state index is 13.6. The summed E-state index contributed by atoms with van der Waals surface area (Å²) in [5.41, 5.74) is 2.89. The Balaban J connectivity index is 2.09. The topological polar surface area (TPSA) is 38.0 Å². The summed E-state index contributed by atoms with van der Waals surface area (Å²) >= 11 is 0. The molecule has 100 valence electrons. The molecule has 18 heavy (non-hydrogen) atoms. The van der Waals surface area contributed by atoms with Crippen LogP contribution in [0.5, 0.6) is 0 Å². The molecule has 1 aromatic carbocycles. The van der Waals surface area contributed by atoms with Crippen LogP contribution in [-0.2, 0) is 6.42 Å². The molecule has 1 aromatic rings. The number of hydrazine groups is 1. The Hall–Kier alpha value is -1.00. The van der Waals surface area contributed by atoms with Crippen molar-refractivity contribution in [2.24, 2.45) is 11.8 Å². The molecule has 0 radical (unpaired) electrons. The molecule has 1 aliphatic carbocycles. The van der Waals surface area contributed by atoms with Gasteiger partial charge in [0.2, 0.25) is 0 Å². The highest BCUT2D eigenvalue weighted by Crippen LogP contribution is 2.28. The predicted molar refractivity (Wildman–Crippen MR) is 67.7 cm³/mol. The molecule has 0 spiro atoms. The number of hydrogen-bond donors (Lipinski definition) is 2. The van der Waals surface area contributed by atoms with Crippen LogP contribution in [0.4, 0.5) is 8.78 Å². The molecular weight excluding hydrogens is 234 g/mol. The van der Waals surface area contributed by atoms with E-state index in [4.69, 9.17) is 5.84 Å². The summed E-state index contributed by atoms with van der Waals surface area (Å²) in [7, 11) is 0. The van der Waals surface area contributed by atoms with Gasteiger partial charge in [0, 0.05) is 11.6 Å².